The van der Waals surface area contributed by atoms with Crippen molar-refractivity contribution < 1.29 is 4.79 Å². The summed E-state index contributed by atoms with van der Waals surface area (Å²) < 4.78 is 1.18. The van der Waals surface area contributed by atoms with E-state index in [1.807, 2.05) is 19.1 Å². The van der Waals surface area contributed by atoms with Gasteiger partial charge in [-0.25, -0.2) is 0 Å². The van der Waals surface area contributed by atoms with Crippen molar-refractivity contribution in [2.45, 2.75) is 31.7 Å². The van der Waals surface area contributed by atoms with Gasteiger partial charge in [-0.3, -0.25) is 4.79 Å². The molecule has 1 N–H and O–H groups in total. The van der Waals surface area contributed by atoms with Gasteiger partial charge in [0.15, 0.2) is 0 Å². The fraction of sp³-hybridized carbons (Fsp3) is 0.462. The smallest absolute Gasteiger partial charge is 0.251 e. The van der Waals surface area contributed by atoms with E-state index < -0.39 is 0 Å². The van der Waals surface area contributed by atoms with Gasteiger partial charge in [0.2, 0.25) is 0 Å². The quantitative estimate of drug-likeness (QED) is 0.832. The molecule has 0 unspecified atom stereocenters. The summed E-state index contributed by atoms with van der Waals surface area (Å²) in [6.45, 7) is 2.00. The molecule has 2 nitrogen and oxygen atoms in total. The Kier molecular flexibility index (Phi) is 2.28. The van der Waals surface area contributed by atoms with Gasteiger partial charge in [-0.2, -0.15) is 0 Å². The zero-order valence-electron chi connectivity index (χ0n) is 9.22. The molecule has 1 aromatic rings. The summed E-state index contributed by atoms with van der Waals surface area (Å²) in [4.78, 5) is 12.1. The second-order valence-electron chi connectivity index (χ2n) is 5.17. The zero-order valence-corrected chi connectivity index (χ0v) is 11.4. The van der Waals surface area contributed by atoms with Crippen LogP contribution in [0, 0.1) is 16.4 Å². The largest absolute Gasteiger partial charge is 0.347 e. The molecule has 0 atom stereocenters. The van der Waals surface area contributed by atoms with Crippen LogP contribution in [0.5, 0.6) is 0 Å². The predicted octanol–water partition coefficient (Wildman–Crippen LogP) is 2.88. The maximum atomic E-state index is 12.1. The minimum Gasteiger partial charge on any atom is -0.347 e. The lowest BCUT2D eigenvalue weighted by molar-refractivity contribution is -0.0438. The first kappa shape index (κ1) is 10.6. The number of benzene rings is 1. The molecule has 0 spiro atoms. The summed E-state index contributed by atoms with van der Waals surface area (Å²) in [7, 11) is 0. The zero-order chi connectivity index (χ0) is 11.3. The molecule has 4 rings (SSSR count). The minimum absolute atomic E-state index is 0.104. The van der Waals surface area contributed by atoms with Crippen LogP contribution < -0.4 is 5.32 Å². The van der Waals surface area contributed by atoms with E-state index in [2.05, 4.69) is 34.0 Å². The highest BCUT2D eigenvalue weighted by Crippen LogP contribution is 2.56. The van der Waals surface area contributed by atoms with Gasteiger partial charge >= 0.3 is 0 Å². The van der Waals surface area contributed by atoms with Gasteiger partial charge in [0.05, 0.1) is 0 Å². The van der Waals surface area contributed by atoms with Crippen LogP contribution in [-0.2, 0) is 0 Å². The Morgan fingerprint density at radius 3 is 2.62 bits per heavy atom. The number of amides is 1. The molecule has 0 aromatic heterocycles. The molecule has 84 valence electrons. The van der Waals surface area contributed by atoms with Crippen molar-refractivity contribution in [1.29, 1.82) is 0 Å². The van der Waals surface area contributed by atoms with Crippen LogP contribution in [0.1, 0.15) is 35.2 Å². The number of carbonyl (C=O) groups excluding carboxylic acids is 1. The van der Waals surface area contributed by atoms with Gasteiger partial charge < -0.3 is 5.32 Å². The maximum Gasteiger partial charge on any atom is 0.251 e. The monoisotopic (exact) mass is 327 g/mol. The third-order valence-corrected chi connectivity index (χ3v) is 4.52. The molecule has 0 heterocycles. The summed E-state index contributed by atoms with van der Waals surface area (Å²) in [6, 6.07) is 5.97. The van der Waals surface area contributed by atoms with Crippen LogP contribution in [0.4, 0.5) is 0 Å². The van der Waals surface area contributed by atoms with Gasteiger partial charge in [0, 0.05) is 14.7 Å². The molecule has 3 saturated carbocycles. The lowest BCUT2D eigenvalue weighted by Gasteiger charge is -2.61. The van der Waals surface area contributed by atoms with Crippen molar-refractivity contribution >= 4 is 28.5 Å². The summed E-state index contributed by atoms with van der Waals surface area (Å²) in [5, 5.41) is 3.19. The van der Waals surface area contributed by atoms with Crippen LogP contribution in [0.2, 0.25) is 0 Å². The standard InChI is InChI=1S/C13H14INO/c1-8-4-10(14)2-3-11(8)12(16)15-13-5-9(6-13)7-13/h2-4,9H,5-7H2,1H3,(H,15,16). The van der Waals surface area contributed by atoms with Gasteiger partial charge in [-0.1, -0.05) is 0 Å². The van der Waals surface area contributed by atoms with Gasteiger partial charge in [0.1, 0.15) is 0 Å². The molecule has 0 aliphatic heterocycles. The van der Waals surface area contributed by atoms with Crippen molar-refractivity contribution in [3.05, 3.63) is 32.9 Å². The number of hydrogen-bond acceptors (Lipinski definition) is 1. The second kappa shape index (κ2) is 3.45. The first-order chi connectivity index (χ1) is 7.58. The van der Waals surface area contributed by atoms with Crippen LogP contribution in [-0.4, -0.2) is 11.4 Å². The number of halogens is 1. The number of rotatable bonds is 2. The van der Waals surface area contributed by atoms with E-state index in [0.29, 0.717) is 0 Å². The Hall–Kier alpha value is -0.580. The van der Waals surface area contributed by atoms with E-state index in [0.717, 1.165) is 17.0 Å². The summed E-state index contributed by atoms with van der Waals surface area (Å²) in [6.07, 6.45) is 3.59. The number of nitrogens with one attached hydrogen (secondary N) is 1. The number of aryl methyl sites for hydroxylation is 1. The molecule has 16 heavy (non-hydrogen) atoms. The van der Waals surface area contributed by atoms with E-state index in [1.165, 1.54) is 22.8 Å². The lowest BCUT2D eigenvalue weighted by Crippen LogP contribution is -2.68. The fourth-order valence-electron chi connectivity index (χ4n) is 2.82. The summed E-state index contributed by atoms with van der Waals surface area (Å²) in [5.74, 6) is 1.00. The summed E-state index contributed by atoms with van der Waals surface area (Å²) >= 11 is 2.27. The van der Waals surface area contributed by atoms with Gasteiger partial charge in [0.25, 0.3) is 5.91 Å². The highest BCUT2D eigenvalue weighted by molar-refractivity contribution is 14.1. The van der Waals surface area contributed by atoms with Crippen LogP contribution >= 0.6 is 22.6 Å². The van der Waals surface area contributed by atoms with E-state index in [9.17, 15) is 4.79 Å². The second-order valence-corrected chi connectivity index (χ2v) is 6.42. The van der Waals surface area contributed by atoms with E-state index in [-0.39, 0.29) is 11.4 Å². The Morgan fingerprint density at radius 2 is 2.12 bits per heavy atom. The Balaban J connectivity index is 1.78. The molecule has 0 saturated heterocycles. The van der Waals surface area contributed by atoms with Crippen molar-refractivity contribution in [3.8, 4) is 0 Å². The van der Waals surface area contributed by atoms with Crippen LogP contribution in [0.15, 0.2) is 18.2 Å². The van der Waals surface area contributed by atoms with Gasteiger partial charge in [-0.15, -0.1) is 0 Å². The first-order valence-corrected chi connectivity index (χ1v) is 6.75. The SMILES string of the molecule is Cc1cc(I)ccc1C(=O)NC12CC(C1)C2. The third-order valence-electron chi connectivity index (χ3n) is 3.85. The van der Waals surface area contributed by atoms with E-state index in [1.54, 1.807) is 0 Å². The Labute approximate surface area is 109 Å². The maximum absolute atomic E-state index is 12.1. The Bertz CT molecular complexity index is 452. The molecular weight excluding hydrogens is 313 g/mol. The topological polar surface area (TPSA) is 29.1 Å². The number of carbonyl (C=O) groups is 1. The highest BCUT2D eigenvalue weighted by Gasteiger charge is 2.57. The van der Waals surface area contributed by atoms with Crippen molar-refractivity contribution in [1.82, 2.24) is 5.32 Å². The molecular formula is C13H14INO. The molecule has 1 amide bonds. The third kappa shape index (κ3) is 1.56. The average molecular weight is 327 g/mol. The normalized spacial score (nSPS) is 30.2. The molecule has 0 radical (unpaired) electrons. The lowest BCUT2D eigenvalue weighted by atomic mass is 9.50. The first-order valence-electron chi connectivity index (χ1n) is 5.67. The molecule has 3 heteroatoms. The molecule has 3 fully saturated rings. The van der Waals surface area contributed by atoms with Crippen LogP contribution in [0.3, 0.4) is 0 Å². The average Bonchev–Trinajstić information content (AvgIpc) is 2.09. The van der Waals surface area contributed by atoms with Crippen LogP contribution in [0.25, 0.3) is 0 Å². The molecule has 3 aliphatic rings. The van der Waals surface area contributed by atoms with Crippen molar-refractivity contribution in [2.24, 2.45) is 5.92 Å². The van der Waals surface area contributed by atoms with Crippen molar-refractivity contribution in [2.75, 3.05) is 0 Å². The Morgan fingerprint density at radius 1 is 1.44 bits per heavy atom. The molecule has 1 aromatic carbocycles. The molecule has 3 aliphatic carbocycles. The van der Waals surface area contributed by atoms with E-state index >= 15 is 0 Å². The predicted molar refractivity (Wildman–Crippen MR) is 71.4 cm³/mol. The molecule has 2 bridgehead atoms. The minimum atomic E-state index is 0.104. The van der Waals surface area contributed by atoms with E-state index in [4.69, 9.17) is 0 Å². The number of hydrogen-bond donors (Lipinski definition) is 1. The highest BCUT2D eigenvalue weighted by atomic mass is 127. The summed E-state index contributed by atoms with van der Waals surface area (Å²) in [5.41, 5.74) is 2.07. The van der Waals surface area contributed by atoms with Gasteiger partial charge in [-0.05, 0) is 78.5 Å². The van der Waals surface area contributed by atoms with Crippen molar-refractivity contribution in [3.63, 3.8) is 0 Å². The fourth-order valence-corrected chi connectivity index (χ4v) is 3.47.